The van der Waals surface area contributed by atoms with E-state index in [0.717, 1.165) is 5.56 Å². The minimum absolute atomic E-state index is 0.0427. The molecule has 0 spiro atoms. The maximum Gasteiger partial charge on any atom is 0.326 e. The number of aromatic nitrogens is 2. The van der Waals surface area contributed by atoms with E-state index in [0.29, 0.717) is 17.9 Å². The number of nitrogens with zero attached hydrogens (tertiary/aromatic N) is 1. The predicted molar refractivity (Wildman–Crippen MR) is 145 cm³/mol. The molecule has 2 rings (SSSR count). The molecule has 13 nitrogen and oxygen atoms in total. The average Bonchev–Trinajstić information content (AvgIpc) is 3.42. The van der Waals surface area contributed by atoms with E-state index >= 15 is 0 Å². The van der Waals surface area contributed by atoms with E-state index in [4.69, 9.17) is 11.5 Å². The van der Waals surface area contributed by atoms with Gasteiger partial charge in [0.25, 0.3) is 0 Å². The number of aromatic amines is 1. The molecule has 2 aromatic rings. The van der Waals surface area contributed by atoms with Crippen LogP contribution in [0.4, 0.5) is 0 Å². The molecule has 0 aliphatic carbocycles. The lowest BCUT2D eigenvalue weighted by atomic mass is 10.0. The summed E-state index contributed by atoms with van der Waals surface area (Å²) in [6.45, 7) is 0. The first kappa shape index (κ1) is 31.3. The van der Waals surface area contributed by atoms with Crippen LogP contribution in [-0.2, 0) is 36.8 Å². The lowest BCUT2D eigenvalue weighted by Crippen LogP contribution is -2.58. The Balaban J connectivity index is 2.24. The van der Waals surface area contributed by atoms with Gasteiger partial charge in [-0.05, 0) is 30.4 Å². The highest BCUT2D eigenvalue weighted by Gasteiger charge is 2.31. The Bertz CT molecular complexity index is 1100. The minimum atomic E-state index is -1.40. The number of carbonyl (C=O) groups is 5. The summed E-state index contributed by atoms with van der Waals surface area (Å²) in [4.78, 5) is 68.9. The standard InChI is InChI=1S/C25H35N7O6S/c1-39-10-9-17(26)22(34)31-19(11-15-5-3-2-4-6-15)23(35)32-20(12-16-13-28-14-29-16)24(36)30-18(25(37)38)7-8-21(27)33/h2-6,13-14,17-20H,7-12,26H2,1H3,(H2,27,33)(H,28,29)(H,30,36)(H,31,34)(H,32,35)(H,37,38). The molecule has 212 valence electrons. The number of hydrogen-bond donors (Lipinski definition) is 7. The van der Waals surface area contributed by atoms with Crippen LogP contribution in [0.15, 0.2) is 42.9 Å². The van der Waals surface area contributed by atoms with E-state index in [2.05, 4.69) is 25.9 Å². The lowest BCUT2D eigenvalue weighted by molar-refractivity contribution is -0.142. The summed E-state index contributed by atoms with van der Waals surface area (Å²) in [7, 11) is 0. The monoisotopic (exact) mass is 561 g/mol. The summed E-state index contributed by atoms with van der Waals surface area (Å²) in [5, 5.41) is 17.2. The highest BCUT2D eigenvalue weighted by molar-refractivity contribution is 7.98. The van der Waals surface area contributed by atoms with Crippen molar-refractivity contribution in [2.45, 2.75) is 56.3 Å². The molecule has 14 heteroatoms. The largest absolute Gasteiger partial charge is 0.480 e. The highest BCUT2D eigenvalue weighted by atomic mass is 32.2. The summed E-state index contributed by atoms with van der Waals surface area (Å²) >= 11 is 1.54. The zero-order valence-corrected chi connectivity index (χ0v) is 22.4. The number of amides is 4. The van der Waals surface area contributed by atoms with Gasteiger partial charge in [0.2, 0.25) is 23.6 Å². The number of rotatable bonds is 17. The van der Waals surface area contributed by atoms with Gasteiger partial charge in [0, 0.05) is 31.2 Å². The summed E-state index contributed by atoms with van der Waals surface area (Å²) in [6.07, 6.45) is 4.78. The zero-order chi connectivity index (χ0) is 28.8. The molecule has 0 radical (unpaired) electrons. The van der Waals surface area contributed by atoms with Gasteiger partial charge in [-0.3, -0.25) is 19.2 Å². The van der Waals surface area contributed by atoms with E-state index in [9.17, 15) is 29.1 Å². The molecular weight excluding hydrogens is 526 g/mol. The van der Waals surface area contributed by atoms with Crippen molar-refractivity contribution in [2.24, 2.45) is 11.5 Å². The Kier molecular flexibility index (Phi) is 13.0. The topological polar surface area (TPSA) is 222 Å². The van der Waals surface area contributed by atoms with E-state index in [1.54, 1.807) is 36.0 Å². The van der Waals surface area contributed by atoms with Gasteiger partial charge in [0.15, 0.2) is 0 Å². The second kappa shape index (κ2) is 16.1. The molecule has 1 aromatic heterocycles. The summed E-state index contributed by atoms with van der Waals surface area (Å²) in [5.41, 5.74) is 12.4. The van der Waals surface area contributed by atoms with Gasteiger partial charge in [0.1, 0.15) is 18.1 Å². The number of hydrogen-bond acceptors (Lipinski definition) is 8. The number of carboxylic acid groups (broad SMARTS) is 1. The van der Waals surface area contributed by atoms with Crippen LogP contribution in [0, 0.1) is 0 Å². The number of H-pyrrole nitrogens is 1. The lowest BCUT2D eigenvalue weighted by Gasteiger charge is -2.25. The molecule has 4 amide bonds. The molecular formula is C25H35N7O6S. The van der Waals surface area contributed by atoms with E-state index in [-0.39, 0.29) is 25.7 Å². The first-order chi connectivity index (χ1) is 18.6. The number of primary amides is 1. The van der Waals surface area contributed by atoms with Gasteiger partial charge < -0.3 is 37.5 Å². The fourth-order valence-corrected chi connectivity index (χ4v) is 4.12. The third kappa shape index (κ3) is 11.2. The zero-order valence-electron chi connectivity index (χ0n) is 21.6. The number of carbonyl (C=O) groups excluding carboxylic acids is 4. The van der Waals surface area contributed by atoms with Crippen molar-refractivity contribution in [3.05, 3.63) is 54.1 Å². The van der Waals surface area contributed by atoms with Crippen molar-refractivity contribution in [2.75, 3.05) is 12.0 Å². The van der Waals surface area contributed by atoms with E-state index < -0.39 is 53.8 Å². The molecule has 1 heterocycles. The molecule has 0 saturated heterocycles. The predicted octanol–water partition coefficient (Wildman–Crippen LogP) is -0.920. The van der Waals surface area contributed by atoms with Crippen LogP contribution in [-0.4, -0.2) is 80.8 Å². The number of nitrogens with two attached hydrogens (primary N) is 2. The Morgan fingerprint density at radius 2 is 1.56 bits per heavy atom. The number of aliphatic carboxylic acids is 1. The van der Waals surface area contributed by atoms with Crippen molar-refractivity contribution in [1.29, 1.82) is 0 Å². The van der Waals surface area contributed by atoms with Crippen molar-refractivity contribution in [3.63, 3.8) is 0 Å². The van der Waals surface area contributed by atoms with Gasteiger partial charge in [0.05, 0.1) is 12.4 Å². The maximum absolute atomic E-state index is 13.4. The number of imidazole rings is 1. The second-order valence-electron chi connectivity index (χ2n) is 8.89. The van der Waals surface area contributed by atoms with Crippen molar-refractivity contribution < 1.29 is 29.1 Å². The fraction of sp³-hybridized carbons (Fsp3) is 0.440. The molecule has 0 aliphatic heterocycles. The third-order valence-corrected chi connectivity index (χ3v) is 6.44. The summed E-state index contributed by atoms with van der Waals surface area (Å²) < 4.78 is 0. The molecule has 0 fully saturated rings. The van der Waals surface area contributed by atoms with Gasteiger partial charge in [-0.15, -0.1) is 0 Å². The van der Waals surface area contributed by atoms with Crippen molar-refractivity contribution in [3.8, 4) is 0 Å². The normalized spacial score (nSPS) is 13.9. The Morgan fingerprint density at radius 3 is 2.13 bits per heavy atom. The molecule has 0 bridgehead atoms. The third-order valence-electron chi connectivity index (χ3n) is 5.79. The Morgan fingerprint density at radius 1 is 0.949 bits per heavy atom. The number of carboxylic acids is 1. The molecule has 4 unspecified atom stereocenters. The molecule has 9 N–H and O–H groups in total. The van der Waals surface area contributed by atoms with Gasteiger partial charge >= 0.3 is 5.97 Å². The smallest absolute Gasteiger partial charge is 0.326 e. The van der Waals surface area contributed by atoms with Crippen molar-refractivity contribution >= 4 is 41.4 Å². The van der Waals surface area contributed by atoms with Crippen LogP contribution in [0.25, 0.3) is 0 Å². The van der Waals surface area contributed by atoms with Gasteiger partial charge in [-0.1, -0.05) is 30.3 Å². The minimum Gasteiger partial charge on any atom is -0.480 e. The Hall–Kier alpha value is -3.91. The Labute approximate surface area is 230 Å². The van der Waals surface area contributed by atoms with E-state index in [1.807, 2.05) is 12.3 Å². The fourth-order valence-electron chi connectivity index (χ4n) is 3.63. The molecule has 39 heavy (non-hydrogen) atoms. The van der Waals surface area contributed by atoms with Crippen LogP contribution < -0.4 is 27.4 Å². The highest BCUT2D eigenvalue weighted by Crippen LogP contribution is 2.08. The second-order valence-corrected chi connectivity index (χ2v) is 9.87. The quantitative estimate of drug-likeness (QED) is 0.127. The SMILES string of the molecule is CSCCC(N)C(=O)NC(Cc1ccccc1)C(=O)NC(Cc1cnc[nH]1)C(=O)NC(CCC(N)=O)C(=O)O. The molecule has 1 aromatic carbocycles. The molecule has 0 saturated carbocycles. The average molecular weight is 562 g/mol. The van der Waals surface area contributed by atoms with Crippen LogP contribution >= 0.6 is 11.8 Å². The molecule has 0 aliphatic rings. The summed E-state index contributed by atoms with van der Waals surface area (Å²) in [5.74, 6) is -3.37. The van der Waals surface area contributed by atoms with E-state index in [1.165, 1.54) is 12.5 Å². The first-order valence-corrected chi connectivity index (χ1v) is 13.7. The van der Waals surface area contributed by atoms with Gasteiger partial charge in [-0.25, -0.2) is 9.78 Å². The van der Waals surface area contributed by atoms with Crippen LogP contribution in [0.5, 0.6) is 0 Å². The van der Waals surface area contributed by atoms with Crippen LogP contribution in [0.1, 0.15) is 30.5 Å². The van der Waals surface area contributed by atoms with Crippen molar-refractivity contribution in [1.82, 2.24) is 25.9 Å². The van der Waals surface area contributed by atoms with Gasteiger partial charge in [-0.2, -0.15) is 11.8 Å². The summed E-state index contributed by atoms with van der Waals surface area (Å²) in [6, 6.07) is 4.48. The maximum atomic E-state index is 13.4. The van der Waals surface area contributed by atoms with Crippen LogP contribution in [0.3, 0.4) is 0 Å². The first-order valence-electron chi connectivity index (χ1n) is 12.3. The number of thioether (sulfide) groups is 1. The number of nitrogens with one attached hydrogen (secondary N) is 4. The van der Waals surface area contributed by atoms with Crippen LogP contribution in [0.2, 0.25) is 0 Å². The molecule has 4 atom stereocenters. The number of benzene rings is 1.